The van der Waals surface area contributed by atoms with Gasteiger partial charge >= 0.3 is 0 Å². The fourth-order valence-corrected chi connectivity index (χ4v) is 37.1. The van der Waals surface area contributed by atoms with E-state index < -0.39 is 0 Å². The van der Waals surface area contributed by atoms with E-state index in [2.05, 4.69) is 96.9 Å². The van der Waals surface area contributed by atoms with Crippen LogP contribution in [0.3, 0.4) is 0 Å². The maximum atomic E-state index is 14.4. The van der Waals surface area contributed by atoms with Crippen molar-refractivity contribution in [2.75, 3.05) is 0 Å². The summed E-state index contributed by atoms with van der Waals surface area (Å²) in [5.74, 6) is 44.6. The number of carbonyl (C=O) groups excluding carboxylic acids is 1. The normalized spacial score (nSPS) is 75.3. The van der Waals surface area contributed by atoms with Crippen LogP contribution in [0.2, 0.25) is 0 Å². The maximum Gasteiger partial charge on any atom is 0.220 e. The molecule has 18 rings (SSSR count). The first-order valence-electron chi connectivity index (χ1n) is 34.4. The summed E-state index contributed by atoms with van der Waals surface area (Å²) in [5, 5.41) is 0. The Labute approximate surface area is 446 Å². The molecule has 18 aliphatic carbocycles. The molecule has 0 aromatic rings. The lowest BCUT2D eigenvalue weighted by Crippen LogP contribution is -2.84. The van der Waals surface area contributed by atoms with Gasteiger partial charge in [-0.3, -0.25) is 4.79 Å². The van der Waals surface area contributed by atoms with Crippen molar-refractivity contribution in [2.24, 2.45) is 296 Å². The molecule has 0 aromatic carbocycles. The Balaban J connectivity index is 0.914. The van der Waals surface area contributed by atoms with Crippen LogP contribution < -0.4 is 5.73 Å². The number of nitrogens with two attached hydrogens (primary N) is 1. The van der Waals surface area contributed by atoms with Gasteiger partial charge in [-0.05, 0) is 303 Å². The summed E-state index contributed by atoms with van der Waals surface area (Å²) >= 11 is 0. The Morgan fingerprint density at radius 2 is 0.534 bits per heavy atom. The van der Waals surface area contributed by atoms with Gasteiger partial charge < -0.3 is 5.73 Å². The van der Waals surface area contributed by atoms with Gasteiger partial charge in [0.2, 0.25) is 5.91 Å². The molecule has 1 amide bonds. The molecule has 49 unspecified atom stereocenters. The van der Waals surface area contributed by atoms with E-state index in [1.165, 1.54) is 12.8 Å². The summed E-state index contributed by atoms with van der Waals surface area (Å²) in [6.07, 6.45) is 10.0. The molecule has 0 heterocycles. The van der Waals surface area contributed by atoms with E-state index in [1.54, 1.807) is 25.7 Å². The van der Waals surface area contributed by atoms with Crippen molar-refractivity contribution in [3.63, 3.8) is 0 Å². The van der Waals surface area contributed by atoms with Crippen molar-refractivity contribution in [3.05, 3.63) is 0 Å². The third kappa shape index (κ3) is 4.61. The third-order valence-corrected chi connectivity index (χ3v) is 36.0. The molecule has 2 nitrogen and oxygen atoms in total. The number of amides is 1. The van der Waals surface area contributed by atoms with Gasteiger partial charge in [0.25, 0.3) is 0 Å². The minimum Gasteiger partial charge on any atom is -0.369 e. The largest absolute Gasteiger partial charge is 0.369 e. The number of fused-ring (bicyclic) bond motifs is 1. The number of hydrogen-bond donors (Lipinski definition) is 1. The number of carbonyl (C=O) groups is 1. The van der Waals surface area contributed by atoms with Crippen LogP contribution in [0.1, 0.15) is 142 Å². The fraction of sp³-hybridized carbons (Fsp3) is 0.986. The van der Waals surface area contributed by atoms with Crippen molar-refractivity contribution in [1.29, 1.82) is 0 Å². The van der Waals surface area contributed by atoms with Gasteiger partial charge in [-0.25, -0.2) is 0 Å². The van der Waals surface area contributed by atoms with Gasteiger partial charge in [0.1, 0.15) is 0 Å². The van der Waals surface area contributed by atoms with Crippen LogP contribution in [0, 0.1) is 290 Å². The summed E-state index contributed by atoms with van der Waals surface area (Å²) in [7, 11) is 0. The molecule has 2 N–H and O–H groups in total. The van der Waals surface area contributed by atoms with E-state index in [-0.39, 0.29) is 11.8 Å². The van der Waals surface area contributed by atoms with Gasteiger partial charge in [-0.2, -0.15) is 0 Å². The topological polar surface area (TPSA) is 43.1 Å². The lowest BCUT2D eigenvalue weighted by Gasteiger charge is -2.87. The molecule has 73 heavy (non-hydrogen) atoms. The quantitative estimate of drug-likeness (QED) is 0.301. The third-order valence-electron chi connectivity index (χ3n) is 36.0. The van der Waals surface area contributed by atoms with Crippen LogP contribution in [-0.4, -0.2) is 5.91 Å². The van der Waals surface area contributed by atoms with E-state index in [0.717, 1.165) is 279 Å². The highest BCUT2D eigenvalue weighted by Gasteiger charge is 2.86. The van der Waals surface area contributed by atoms with E-state index >= 15 is 0 Å². The van der Waals surface area contributed by atoms with E-state index in [9.17, 15) is 4.79 Å². The predicted octanol–water partition coefficient (Wildman–Crippen LogP) is 14.9. The van der Waals surface area contributed by atoms with E-state index in [0.29, 0.717) is 11.8 Å². The highest BCUT2D eigenvalue weighted by molar-refractivity contribution is 5.77. The van der Waals surface area contributed by atoms with Crippen LogP contribution in [0.15, 0.2) is 0 Å². The lowest BCUT2D eigenvalue weighted by molar-refractivity contribution is -0.407. The first-order chi connectivity index (χ1) is 35.1. The van der Waals surface area contributed by atoms with Crippen molar-refractivity contribution in [1.82, 2.24) is 0 Å². The number of rotatable bonds is 3. The number of hydrogen-bond acceptors (Lipinski definition) is 1. The first kappa shape index (κ1) is 46.2. The van der Waals surface area contributed by atoms with Gasteiger partial charge in [0.15, 0.2) is 0 Å². The summed E-state index contributed by atoms with van der Waals surface area (Å²) in [6.45, 7) is 40.5. The lowest BCUT2D eigenvalue weighted by atomic mass is 9.17. The Morgan fingerprint density at radius 3 is 0.863 bits per heavy atom. The van der Waals surface area contributed by atoms with Gasteiger partial charge in [-0.15, -0.1) is 0 Å². The Hall–Kier alpha value is -0.530. The molecule has 0 spiro atoms. The van der Waals surface area contributed by atoms with Gasteiger partial charge in [0.05, 0.1) is 0 Å². The van der Waals surface area contributed by atoms with Gasteiger partial charge in [-0.1, -0.05) is 123 Å². The molecule has 402 valence electrons. The van der Waals surface area contributed by atoms with Crippen LogP contribution in [-0.2, 0) is 4.79 Å². The summed E-state index contributed by atoms with van der Waals surface area (Å²) in [6, 6.07) is 0. The predicted molar refractivity (Wildman–Crippen MR) is 292 cm³/mol. The first-order valence-corrected chi connectivity index (χ1v) is 34.4. The Bertz CT molecular complexity index is 2350. The second kappa shape index (κ2) is 14.5. The Morgan fingerprint density at radius 1 is 0.288 bits per heavy atom. The molecule has 18 aliphatic rings. The molecule has 0 aromatic heterocycles. The highest BCUT2D eigenvalue weighted by atomic mass is 16.1. The molecular weight excluding hydrogens is 883 g/mol. The number of primary amides is 1. The van der Waals surface area contributed by atoms with Crippen molar-refractivity contribution in [2.45, 2.75) is 142 Å². The van der Waals surface area contributed by atoms with E-state index in [4.69, 9.17) is 5.73 Å². The molecule has 18 saturated carbocycles. The minimum atomic E-state index is 0.110. The van der Waals surface area contributed by atoms with Crippen LogP contribution in [0.25, 0.3) is 0 Å². The molecule has 0 aliphatic heterocycles. The molecule has 0 saturated heterocycles. The second-order valence-corrected chi connectivity index (χ2v) is 35.0. The van der Waals surface area contributed by atoms with Gasteiger partial charge in [0, 0.05) is 5.92 Å². The molecular formula is C71H107NO. The molecule has 0 radical (unpaired) electrons. The zero-order valence-electron chi connectivity index (χ0n) is 48.7. The van der Waals surface area contributed by atoms with Crippen LogP contribution in [0.5, 0.6) is 0 Å². The summed E-state index contributed by atoms with van der Waals surface area (Å²) in [5.41, 5.74) is 6.90. The van der Waals surface area contributed by atoms with Crippen molar-refractivity contribution >= 4 is 5.91 Å². The summed E-state index contributed by atoms with van der Waals surface area (Å²) in [4.78, 5) is 14.4. The molecule has 2 heteroatoms. The smallest absolute Gasteiger partial charge is 0.220 e. The molecule has 18 fully saturated rings. The standard InChI is InChI=1S/C71H107NO/c1-15-34-24(5)42-28(9)46-32(13)48-30(11)44-26(7)40-22(3)17-19-36-37-20-18-23(4)41-27(8)45-31(12)49-33(14)47-29(10)43-25(6)35(16-2)50-39(71(72)73)21-38(34)53-54(42)65-58(46)69-60(48)67-56(44)63(51(36)40)64(52(37)41)57(45)68(67)61(49)70(69)59(47)66(65)55(43)62(50)53/h22-70H,15-21H2,1-14H3,(H2,72,73). The average Bonchev–Trinajstić information content (AvgIpc) is 3.56. The van der Waals surface area contributed by atoms with Crippen LogP contribution >= 0.6 is 0 Å². The summed E-state index contributed by atoms with van der Waals surface area (Å²) < 4.78 is 0. The Kier molecular flexibility index (Phi) is 9.18. The van der Waals surface area contributed by atoms with Crippen molar-refractivity contribution < 1.29 is 4.79 Å². The molecule has 0 bridgehead atoms. The minimum absolute atomic E-state index is 0.110. The average molecular weight is 991 g/mol. The monoisotopic (exact) mass is 990 g/mol. The van der Waals surface area contributed by atoms with Crippen molar-refractivity contribution in [3.8, 4) is 0 Å². The second-order valence-electron chi connectivity index (χ2n) is 35.0. The zero-order chi connectivity index (χ0) is 49.8. The SMILES string of the molecule is CCC1C(C)C2C(C)C3C(C)C4C(C)C5C(C)C6C(C)CCC7C8CCC(C)C9C(C)C%10C(C)C%11C(C)C%12C(C)C%13C(C)C(CC)C%14C(C(N)=O)CC1C1C2C2C3C3C4C4C5C(C76)C(C89)C%10C4C%11C3C%12C2C%13C%141. The zero-order valence-corrected chi connectivity index (χ0v) is 48.7. The highest BCUT2D eigenvalue weighted by Crippen LogP contribution is 2.90. The fourth-order valence-electron chi connectivity index (χ4n) is 37.1. The maximum absolute atomic E-state index is 14.4. The molecule has 49 atom stereocenters. The van der Waals surface area contributed by atoms with Crippen LogP contribution in [0.4, 0.5) is 0 Å². The van der Waals surface area contributed by atoms with E-state index in [1.807, 2.05) is 0 Å².